The van der Waals surface area contributed by atoms with E-state index in [2.05, 4.69) is 20.8 Å². The smallest absolute Gasteiger partial charge is 0.335 e. The lowest BCUT2D eigenvalue weighted by Crippen LogP contribution is -2.28. The Balaban J connectivity index is 1.57. The van der Waals surface area contributed by atoms with Crippen molar-refractivity contribution in [3.05, 3.63) is 70.5 Å². The quantitative estimate of drug-likeness (QED) is 0.428. The summed E-state index contributed by atoms with van der Waals surface area (Å²) < 4.78 is 1.70. The average Bonchev–Trinajstić information content (AvgIpc) is 3.13. The summed E-state index contributed by atoms with van der Waals surface area (Å²) in [5.41, 5.74) is 0.956. The van der Waals surface area contributed by atoms with E-state index in [4.69, 9.17) is 16.7 Å². The summed E-state index contributed by atoms with van der Waals surface area (Å²) in [5, 5.41) is 23.8. The number of thioether (sulfide) groups is 1. The number of hydrogen-bond donors (Lipinski definition) is 3. The number of nitrogens with one attached hydrogen (secondary N) is 2. The zero-order chi connectivity index (χ0) is 23.3. The van der Waals surface area contributed by atoms with Crippen molar-refractivity contribution in [2.45, 2.75) is 18.1 Å². The highest BCUT2D eigenvalue weighted by Gasteiger charge is 2.19. The van der Waals surface area contributed by atoms with Crippen LogP contribution in [0.2, 0.25) is 5.02 Å². The Kier molecular flexibility index (Phi) is 7.49. The van der Waals surface area contributed by atoms with Gasteiger partial charge in [-0.05, 0) is 49.4 Å². The second-order valence-corrected chi connectivity index (χ2v) is 8.20. The van der Waals surface area contributed by atoms with Gasteiger partial charge in [0.2, 0.25) is 5.91 Å². The van der Waals surface area contributed by atoms with Crippen LogP contribution in [-0.2, 0) is 11.8 Å². The standard InChI is InChI=1S/C21H20ClN5O4S/c1-12(23-19(29)13-6-8-15(22)9-7-13)18-25-26-21(27(18)2)32-11-17(28)24-16-5-3-4-14(10-16)20(30)31/h3-10,12H,11H2,1-2H3,(H,23,29)(H,24,28)(H,30,31)/t12-/m0/s1. The molecule has 2 amide bonds. The monoisotopic (exact) mass is 473 g/mol. The summed E-state index contributed by atoms with van der Waals surface area (Å²) in [6.45, 7) is 1.79. The molecule has 0 aliphatic heterocycles. The highest BCUT2D eigenvalue weighted by Crippen LogP contribution is 2.20. The number of rotatable bonds is 8. The summed E-state index contributed by atoms with van der Waals surface area (Å²) >= 11 is 7.02. The fraction of sp³-hybridized carbons (Fsp3) is 0.190. The predicted octanol–water partition coefficient (Wildman–Crippen LogP) is 3.39. The largest absolute Gasteiger partial charge is 0.478 e. The lowest BCUT2D eigenvalue weighted by Gasteiger charge is -2.13. The second kappa shape index (κ2) is 10.3. The molecule has 0 unspecified atom stereocenters. The van der Waals surface area contributed by atoms with Gasteiger partial charge >= 0.3 is 5.97 Å². The lowest BCUT2D eigenvalue weighted by atomic mass is 10.2. The minimum absolute atomic E-state index is 0.0504. The number of benzene rings is 2. The van der Waals surface area contributed by atoms with Crippen LogP contribution in [0.5, 0.6) is 0 Å². The number of carboxylic acid groups (broad SMARTS) is 1. The number of halogens is 1. The minimum Gasteiger partial charge on any atom is -0.478 e. The molecule has 0 saturated heterocycles. The Morgan fingerprint density at radius 3 is 2.53 bits per heavy atom. The number of anilines is 1. The highest BCUT2D eigenvalue weighted by molar-refractivity contribution is 7.99. The summed E-state index contributed by atoms with van der Waals surface area (Å²) in [7, 11) is 1.75. The van der Waals surface area contributed by atoms with Crippen LogP contribution >= 0.6 is 23.4 Å². The van der Waals surface area contributed by atoms with Crippen molar-refractivity contribution >= 4 is 46.8 Å². The van der Waals surface area contributed by atoms with Crippen LogP contribution < -0.4 is 10.6 Å². The third kappa shape index (κ3) is 5.86. The van der Waals surface area contributed by atoms with Gasteiger partial charge in [-0.2, -0.15) is 0 Å². The maximum Gasteiger partial charge on any atom is 0.335 e. The Labute approximate surface area is 193 Å². The van der Waals surface area contributed by atoms with Crippen LogP contribution in [0.25, 0.3) is 0 Å². The van der Waals surface area contributed by atoms with Gasteiger partial charge in [-0.15, -0.1) is 10.2 Å². The molecule has 32 heavy (non-hydrogen) atoms. The summed E-state index contributed by atoms with van der Waals surface area (Å²) in [4.78, 5) is 35.7. The first-order valence-corrected chi connectivity index (χ1v) is 10.8. The molecule has 0 aliphatic carbocycles. The number of nitrogens with zero attached hydrogens (tertiary/aromatic N) is 3. The van der Waals surface area contributed by atoms with E-state index in [1.165, 1.54) is 23.9 Å². The van der Waals surface area contributed by atoms with Crippen molar-refractivity contribution in [2.75, 3.05) is 11.1 Å². The molecule has 11 heteroatoms. The molecule has 1 aromatic heterocycles. The molecule has 0 aliphatic rings. The number of carbonyl (C=O) groups is 3. The summed E-state index contributed by atoms with van der Waals surface area (Å²) in [5.74, 6) is -1.07. The van der Waals surface area contributed by atoms with Crippen LogP contribution in [0.1, 0.15) is 39.5 Å². The van der Waals surface area contributed by atoms with E-state index in [1.807, 2.05) is 0 Å². The Morgan fingerprint density at radius 1 is 1.12 bits per heavy atom. The second-order valence-electron chi connectivity index (χ2n) is 6.82. The van der Waals surface area contributed by atoms with E-state index in [0.29, 0.717) is 27.3 Å². The first-order chi connectivity index (χ1) is 15.2. The maximum absolute atomic E-state index is 12.4. The molecule has 0 radical (unpaired) electrons. The molecule has 166 valence electrons. The zero-order valence-corrected chi connectivity index (χ0v) is 18.8. The molecule has 9 nitrogen and oxygen atoms in total. The third-order valence-electron chi connectivity index (χ3n) is 4.44. The molecule has 0 spiro atoms. The molecule has 0 bridgehead atoms. The Hall–Kier alpha value is -3.37. The van der Waals surface area contributed by atoms with Gasteiger partial charge in [0.15, 0.2) is 11.0 Å². The van der Waals surface area contributed by atoms with Crippen molar-refractivity contribution in [3.8, 4) is 0 Å². The van der Waals surface area contributed by atoms with Crippen LogP contribution in [0.3, 0.4) is 0 Å². The number of carbonyl (C=O) groups excluding carboxylic acids is 2. The van der Waals surface area contributed by atoms with Gasteiger partial charge in [-0.25, -0.2) is 4.79 Å². The number of aromatic carboxylic acids is 1. The minimum atomic E-state index is -1.07. The number of amides is 2. The molecule has 0 fully saturated rings. The van der Waals surface area contributed by atoms with E-state index in [9.17, 15) is 14.4 Å². The van der Waals surface area contributed by atoms with Crippen LogP contribution in [0.15, 0.2) is 53.7 Å². The van der Waals surface area contributed by atoms with Crippen molar-refractivity contribution in [1.29, 1.82) is 0 Å². The van der Waals surface area contributed by atoms with E-state index < -0.39 is 12.0 Å². The Bertz CT molecular complexity index is 1150. The summed E-state index contributed by atoms with van der Waals surface area (Å²) in [6.07, 6.45) is 0. The topological polar surface area (TPSA) is 126 Å². The number of aromatic nitrogens is 3. The normalized spacial score (nSPS) is 11.6. The molecule has 3 aromatic rings. The van der Waals surface area contributed by atoms with E-state index in [0.717, 1.165) is 0 Å². The van der Waals surface area contributed by atoms with Gasteiger partial charge in [0.1, 0.15) is 0 Å². The van der Waals surface area contributed by atoms with Gasteiger partial charge in [-0.1, -0.05) is 29.4 Å². The van der Waals surface area contributed by atoms with Crippen molar-refractivity contribution in [3.63, 3.8) is 0 Å². The SMILES string of the molecule is C[C@H](NC(=O)c1ccc(Cl)cc1)c1nnc(SCC(=O)Nc2cccc(C(=O)O)c2)n1C. The highest BCUT2D eigenvalue weighted by atomic mass is 35.5. The molecule has 2 aromatic carbocycles. The first kappa shape index (κ1) is 23.3. The predicted molar refractivity (Wildman–Crippen MR) is 121 cm³/mol. The van der Waals surface area contributed by atoms with E-state index >= 15 is 0 Å². The van der Waals surface area contributed by atoms with Crippen LogP contribution in [0.4, 0.5) is 5.69 Å². The molecule has 3 rings (SSSR count). The summed E-state index contributed by atoms with van der Waals surface area (Å²) in [6, 6.07) is 12.1. The lowest BCUT2D eigenvalue weighted by molar-refractivity contribution is -0.113. The van der Waals surface area contributed by atoms with Gasteiger partial charge < -0.3 is 20.3 Å². The number of carboxylic acids is 1. The van der Waals surface area contributed by atoms with Crippen molar-refractivity contribution in [1.82, 2.24) is 20.1 Å². The van der Waals surface area contributed by atoms with Gasteiger partial charge in [0.25, 0.3) is 5.91 Å². The van der Waals surface area contributed by atoms with Crippen LogP contribution in [0, 0.1) is 0 Å². The van der Waals surface area contributed by atoms with Crippen molar-refractivity contribution < 1.29 is 19.5 Å². The molecular weight excluding hydrogens is 454 g/mol. The number of hydrogen-bond acceptors (Lipinski definition) is 6. The average molecular weight is 474 g/mol. The van der Waals surface area contributed by atoms with Crippen molar-refractivity contribution in [2.24, 2.45) is 7.05 Å². The maximum atomic E-state index is 12.4. The molecular formula is C21H20ClN5O4S. The fourth-order valence-corrected chi connectivity index (χ4v) is 3.68. The molecule has 1 atom stereocenters. The molecule has 1 heterocycles. The van der Waals surface area contributed by atoms with E-state index in [1.54, 1.807) is 54.9 Å². The van der Waals surface area contributed by atoms with Crippen LogP contribution in [-0.4, -0.2) is 43.4 Å². The Morgan fingerprint density at radius 2 is 1.84 bits per heavy atom. The molecule has 3 N–H and O–H groups in total. The van der Waals surface area contributed by atoms with Gasteiger partial charge in [0.05, 0.1) is 17.4 Å². The molecule has 0 saturated carbocycles. The first-order valence-electron chi connectivity index (χ1n) is 9.46. The van der Waals surface area contributed by atoms with Gasteiger partial charge in [-0.3, -0.25) is 9.59 Å². The fourth-order valence-electron chi connectivity index (χ4n) is 2.83. The van der Waals surface area contributed by atoms with E-state index in [-0.39, 0.29) is 23.1 Å². The third-order valence-corrected chi connectivity index (χ3v) is 5.71. The zero-order valence-electron chi connectivity index (χ0n) is 17.2. The van der Waals surface area contributed by atoms with Gasteiger partial charge in [0, 0.05) is 23.3 Å².